The molecule has 0 aromatic heterocycles. The van der Waals surface area contributed by atoms with E-state index in [0.29, 0.717) is 0 Å². The van der Waals surface area contributed by atoms with Crippen LogP contribution in [0.5, 0.6) is 0 Å². The molecule has 1 saturated heterocycles. The first-order chi connectivity index (χ1) is 13.6. The Balaban J connectivity index is 1.90. The van der Waals surface area contributed by atoms with E-state index in [-0.39, 0.29) is 0 Å². The second-order valence-corrected chi connectivity index (χ2v) is 9.32. The lowest BCUT2D eigenvalue weighted by Crippen LogP contribution is -2.56. The van der Waals surface area contributed by atoms with Crippen molar-refractivity contribution in [2.24, 2.45) is 0 Å². The second-order valence-electron chi connectivity index (χ2n) is 8.12. The van der Waals surface area contributed by atoms with Gasteiger partial charge in [0.05, 0.1) is 6.61 Å². The van der Waals surface area contributed by atoms with Crippen molar-refractivity contribution in [2.75, 3.05) is 12.4 Å². The monoisotopic (exact) mass is 422 g/mol. The lowest BCUT2D eigenvalue weighted by Gasteiger charge is -2.38. The van der Waals surface area contributed by atoms with Gasteiger partial charge in [0.1, 0.15) is 23.7 Å². The van der Waals surface area contributed by atoms with Crippen LogP contribution >= 0.6 is 11.8 Å². The van der Waals surface area contributed by atoms with Crippen LogP contribution in [0.15, 0.2) is 0 Å². The van der Waals surface area contributed by atoms with Gasteiger partial charge < -0.3 is 20.1 Å². The molecule has 0 aromatic rings. The van der Waals surface area contributed by atoms with Gasteiger partial charge in [0.2, 0.25) is 0 Å². The van der Waals surface area contributed by atoms with E-state index in [1.54, 1.807) is 0 Å². The lowest BCUT2D eigenvalue weighted by molar-refractivity contribution is -0.188. The first kappa shape index (κ1) is 26.2. The van der Waals surface area contributed by atoms with Crippen molar-refractivity contribution < 1.29 is 24.4 Å². The van der Waals surface area contributed by atoms with E-state index in [1.807, 2.05) is 0 Å². The predicted octanol–water partition coefficient (Wildman–Crippen LogP) is 4.98. The molecule has 5 atom stereocenters. The summed E-state index contributed by atoms with van der Waals surface area (Å²) in [5, 5.41) is 28.5. The molecule has 1 aliphatic heterocycles. The number of aliphatic hydroxyl groups excluding tert-OH is 3. The number of alkyl halides is 1. The van der Waals surface area contributed by atoms with Gasteiger partial charge in [-0.3, -0.25) is 0 Å². The standard InChI is InChI=1S/C22H43FO4S/c1-2-3-4-5-6-7-8-9-10-11-12-13-14-15-16-28-22-19(23)21(26)20(25)18(17-24)27-22/h18-22,24-26H,2-17H2,1H3/t18-,19+,20-,21-,22-/m1/s1. The molecule has 0 spiro atoms. The first-order valence-corrected chi connectivity index (χ1v) is 12.5. The molecule has 1 heterocycles. The van der Waals surface area contributed by atoms with E-state index >= 15 is 0 Å². The smallest absolute Gasteiger partial charge is 0.164 e. The van der Waals surface area contributed by atoms with Crippen molar-refractivity contribution in [2.45, 2.75) is 127 Å². The summed E-state index contributed by atoms with van der Waals surface area (Å²) in [5.41, 5.74) is -0.808. The summed E-state index contributed by atoms with van der Waals surface area (Å²) >= 11 is 1.34. The Morgan fingerprint density at radius 1 is 0.750 bits per heavy atom. The molecule has 1 rings (SSSR count). The first-order valence-electron chi connectivity index (χ1n) is 11.5. The van der Waals surface area contributed by atoms with E-state index in [4.69, 9.17) is 9.84 Å². The summed E-state index contributed by atoms with van der Waals surface area (Å²) in [7, 11) is 0. The van der Waals surface area contributed by atoms with Crippen molar-refractivity contribution in [3.8, 4) is 0 Å². The highest BCUT2D eigenvalue weighted by atomic mass is 32.2. The summed E-state index contributed by atoms with van der Waals surface area (Å²) in [6.45, 7) is 1.84. The van der Waals surface area contributed by atoms with E-state index in [0.717, 1.165) is 18.6 Å². The Kier molecular flexibility index (Phi) is 15.8. The molecule has 0 unspecified atom stereocenters. The van der Waals surface area contributed by atoms with Gasteiger partial charge in [-0.2, -0.15) is 0 Å². The highest BCUT2D eigenvalue weighted by molar-refractivity contribution is 7.99. The zero-order valence-electron chi connectivity index (χ0n) is 17.7. The maximum Gasteiger partial charge on any atom is 0.164 e. The summed E-state index contributed by atoms with van der Waals surface area (Å²) in [4.78, 5) is 0. The number of hydrogen-bond donors (Lipinski definition) is 3. The van der Waals surface area contributed by atoms with E-state index in [9.17, 15) is 14.6 Å². The van der Waals surface area contributed by atoms with Crippen molar-refractivity contribution in [1.82, 2.24) is 0 Å². The number of ether oxygens (including phenoxy) is 1. The molecule has 168 valence electrons. The molecule has 1 fully saturated rings. The second kappa shape index (κ2) is 16.9. The number of rotatable bonds is 17. The van der Waals surface area contributed by atoms with Crippen molar-refractivity contribution in [1.29, 1.82) is 0 Å². The molecule has 0 bridgehead atoms. The summed E-state index contributed by atoms with van der Waals surface area (Å²) in [5.74, 6) is 0.768. The Hall–Kier alpha value is 0.120. The fourth-order valence-electron chi connectivity index (χ4n) is 3.68. The average Bonchev–Trinajstić information content (AvgIpc) is 2.70. The van der Waals surface area contributed by atoms with E-state index in [2.05, 4.69) is 6.92 Å². The van der Waals surface area contributed by atoms with Crippen LogP contribution in [0, 0.1) is 0 Å². The molecule has 28 heavy (non-hydrogen) atoms. The third-order valence-electron chi connectivity index (χ3n) is 5.59. The topological polar surface area (TPSA) is 69.9 Å². The molecule has 1 aliphatic rings. The van der Waals surface area contributed by atoms with Crippen LogP contribution in [-0.2, 0) is 4.74 Å². The number of aliphatic hydroxyl groups is 3. The van der Waals surface area contributed by atoms with Crippen molar-refractivity contribution in [3.63, 3.8) is 0 Å². The molecule has 0 aromatic carbocycles. The molecule has 0 amide bonds. The van der Waals surface area contributed by atoms with Gasteiger partial charge in [-0.15, -0.1) is 11.8 Å². The zero-order chi connectivity index (χ0) is 20.6. The fraction of sp³-hybridized carbons (Fsp3) is 1.00. The normalized spacial score (nSPS) is 28.0. The van der Waals surface area contributed by atoms with Crippen LogP contribution in [0.1, 0.15) is 96.8 Å². The van der Waals surface area contributed by atoms with Gasteiger partial charge >= 0.3 is 0 Å². The minimum Gasteiger partial charge on any atom is -0.394 e. The lowest BCUT2D eigenvalue weighted by atomic mass is 10.0. The number of halogens is 1. The summed E-state index contributed by atoms with van der Waals surface area (Å²) in [6.07, 6.45) is 12.9. The SMILES string of the molecule is CCCCCCCCCCCCCCCCS[C@H]1O[C@H](CO)[C@@H](O)[C@H](O)[C@@H]1F. The predicted molar refractivity (Wildman–Crippen MR) is 115 cm³/mol. The van der Waals surface area contributed by atoms with Crippen LogP contribution < -0.4 is 0 Å². The third-order valence-corrected chi connectivity index (χ3v) is 6.81. The Morgan fingerprint density at radius 2 is 1.21 bits per heavy atom. The quantitative estimate of drug-likeness (QED) is 0.289. The van der Waals surface area contributed by atoms with Crippen LogP contribution in [0.2, 0.25) is 0 Å². The Labute approximate surface area is 175 Å². The van der Waals surface area contributed by atoms with Crippen LogP contribution in [0.25, 0.3) is 0 Å². The van der Waals surface area contributed by atoms with Gasteiger partial charge in [-0.1, -0.05) is 90.4 Å². The molecule has 0 radical (unpaired) electrons. The highest BCUT2D eigenvalue weighted by Crippen LogP contribution is 2.31. The largest absolute Gasteiger partial charge is 0.394 e. The summed E-state index contributed by atoms with van der Waals surface area (Å²) in [6, 6.07) is 0. The molecule has 6 heteroatoms. The minimum absolute atomic E-state index is 0.416. The molecule has 4 nitrogen and oxygen atoms in total. The Morgan fingerprint density at radius 3 is 1.68 bits per heavy atom. The van der Waals surface area contributed by atoms with Crippen LogP contribution in [0.4, 0.5) is 4.39 Å². The molecular weight excluding hydrogens is 379 g/mol. The van der Waals surface area contributed by atoms with Gasteiger partial charge in [0.25, 0.3) is 0 Å². The van der Waals surface area contributed by atoms with Gasteiger partial charge in [-0.05, 0) is 12.2 Å². The molecule has 0 saturated carbocycles. The highest BCUT2D eigenvalue weighted by Gasteiger charge is 2.44. The number of thioether (sulfide) groups is 1. The maximum atomic E-state index is 14.0. The summed E-state index contributed by atoms with van der Waals surface area (Å²) < 4.78 is 19.4. The van der Waals surface area contributed by atoms with Gasteiger partial charge in [-0.25, -0.2) is 4.39 Å². The van der Waals surface area contributed by atoms with E-state index in [1.165, 1.54) is 88.8 Å². The van der Waals surface area contributed by atoms with Gasteiger partial charge in [0, 0.05) is 0 Å². The Bertz CT molecular complexity index is 359. The van der Waals surface area contributed by atoms with Crippen LogP contribution in [-0.4, -0.2) is 57.6 Å². The fourth-order valence-corrected chi connectivity index (χ4v) is 4.84. The third kappa shape index (κ3) is 10.8. The number of unbranched alkanes of at least 4 members (excludes halogenated alkanes) is 13. The van der Waals surface area contributed by atoms with Crippen molar-refractivity contribution in [3.05, 3.63) is 0 Å². The van der Waals surface area contributed by atoms with Crippen molar-refractivity contribution >= 4 is 11.8 Å². The average molecular weight is 423 g/mol. The minimum atomic E-state index is -1.62. The molecule has 0 aliphatic carbocycles. The van der Waals surface area contributed by atoms with Gasteiger partial charge in [0.15, 0.2) is 6.17 Å². The van der Waals surface area contributed by atoms with E-state index < -0.39 is 36.5 Å². The zero-order valence-corrected chi connectivity index (χ0v) is 18.6. The molecule has 3 N–H and O–H groups in total. The number of hydrogen-bond acceptors (Lipinski definition) is 5. The molecular formula is C22H43FO4S. The maximum absolute atomic E-state index is 14.0. The van der Waals surface area contributed by atoms with Crippen LogP contribution in [0.3, 0.4) is 0 Å².